The van der Waals surface area contributed by atoms with Crippen LogP contribution >= 0.6 is 0 Å². The van der Waals surface area contributed by atoms with Gasteiger partial charge in [0.15, 0.2) is 0 Å². The summed E-state index contributed by atoms with van der Waals surface area (Å²) in [5, 5.41) is 9.46. The van der Waals surface area contributed by atoms with E-state index in [1.807, 2.05) is 12.1 Å². The van der Waals surface area contributed by atoms with Crippen LogP contribution < -0.4 is 22.1 Å². The van der Waals surface area contributed by atoms with Crippen molar-refractivity contribution in [3.8, 4) is 5.75 Å². The number of nitrogens with two attached hydrogens (primary N) is 3. The van der Waals surface area contributed by atoms with Gasteiger partial charge in [-0.3, -0.25) is 9.83 Å². The standard InChI is InChI=1S/C19H28N4O4/c1-3-12-13-5-7-16(19(2,27-22)18(24)25)26-15(13)6-4-14(12)17(21)23-11-8-10(20)9-11/h4,6,10-11,16H,3,5,7-9,20,22H2,1-2H3,(H2,21,23)(H,24,25)/t10?,11?,16-,19+/m1/s1. The lowest BCUT2D eigenvalue weighted by molar-refractivity contribution is -0.179. The first-order valence-electron chi connectivity index (χ1n) is 9.32. The number of amidine groups is 1. The van der Waals surface area contributed by atoms with E-state index >= 15 is 0 Å². The molecule has 8 nitrogen and oxygen atoms in total. The van der Waals surface area contributed by atoms with Crippen molar-refractivity contribution in [3.05, 3.63) is 28.8 Å². The Morgan fingerprint density at radius 1 is 1.44 bits per heavy atom. The number of carboxylic acids is 1. The molecule has 2 atom stereocenters. The van der Waals surface area contributed by atoms with Gasteiger partial charge in [-0.1, -0.05) is 6.92 Å². The predicted molar refractivity (Wildman–Crippen MR) is 102 cm³/mol. The number of carbonyl (C=O) groups is 1. The number of rotatable bonds is 6. The van der Waals surface area contributed by atoms with Gasteiger partial charge in [-0.25, -0.2) is 10.7 Å². The fraction of sp³-hybridized carbons (Fsp3) is 0.579. The third-order valence-electron chi connectivity index (χ3n) is 5.70. The first-order valence-corrected chi connectivity index (χ1v) is 9.32. The fourth-order valence-electron chi connectivity index (χ4n) is 3.84. The molecule has 148 valence electrons. The van der Waals surface area contributed by atoms with Gasteiger partial charge in [-0.2, -0.15) is 0 Å². The number of ether oxygens (including phenoxy) is 1. The molecule has 27 heavy (non-hydrogen) atoms. The minimum atomic E-state index is -1.60. The van der Waals surface area contributed by atoms with Crippen LogP contribution in [-0.2, 0) is 22.5 Å². The average Bonchev–Trinajstić information content (AvgIpc) is 2.64. The van der Waals surface area contributed by atoms with Crippen molar-refractivity contribution in [2.24, 2.45) is 22.4 Å². The van der Waals surface area contributed by atoms with Crippen LogP contribution in [0.25, 0.3) is 0 Å². The molecule has 2 aliphatic rings. The molecular formula is C19H28N4O4. The van der Waals surface area contributed by atoms with Crippen molar-refractivity contribution >= 4 is 11.8 Å². The Morgan fingerprint density at radius 3 is 2.70 bits per heavy atom. The lowest BCUT2D eigenvalue weighted by atomic mass is 9.86. The van der Waals surface area contributed by atoms with Crippen LogP contribution in [0.2, 0.25) is 0 Å². The molecule has 8 heteroatoms. The Kier molecular flexibility index (Phi) is 5.41. The maximum atomic E-state index is 11.6. The van der Waals surface area contributed by atoms with Crippen LogP contribution in [0.5, 0.6) is 5.75 Å². The Morgan fingerprint density at radius 2 is 2.15 bits per heavy atom. The number of carboxylic acid groups (broad SMARTS) is 1. The second-order valence-corrected chi connectivity index (χ2v) is 7.50. The van der Waals surface area contributed by atoms with Crippen LogP contribution in [0.15, 0.2) is 17.1 Å². The van der Waals surface area contributed by atoms with E-state index in [2.05, 4.69) is 11.9 Å². The molecule has 3 rings (SSSR count). The molecule has 1 saturated carbocycles. The molecule has 7 N–H and O–H groups in total. The largest absolute Gasteiger partial charge is 0.486 e. The van der Waals surface area contributed by atoms with Crippen LogP contribution in [0.1, 0.15) is 49.8 Å². The molecule has 0 unspecified atom stereocenters. The van der Waals surface area contributed by atoms with Crippen molar-refractivity contribution < 1.29 is 19.5 Å². The minimum absolute atomic E-state index is 0.194. The van der Waals surface area contributed by atoms with Gasteiger partial charge in [-0.05, 0) is 62.3 Å². The smallest absolute Gasteiger partial charge is 0.341 e. The van der Waals surface area contributed by atoms with E-state index in [1.165, 1.54) is 6.92 Å². The average molecular weight is 376 g/mol. The predicted octanol–water partition coefficient (Wildman–Crippen LogP) is 0.871. The summed E-state index contributed by atoms with van der Waals surface area (Å²) in [4.78, 5) is 20.9. The summed E-state index contributed by atoms with van der Waals surface area (Å²) in [7, 11) is 0. The second-order valence-electron chi connectivity index (χ2n) is 7.50. The third-order valence-corrected chi connectivity index (χ3v) is 5.70. The lowest BCUT2D eigenvalue weighted by Gasteiger charge is -2.36. The maximum Gasteiger partial charge on any atom is 0.341 e. The molecule has 1 aliphatic heterocycles. The Balaban J connectivity index is 1.89. The first kappa shape index (κ1) is 19.6. The summed E-state index contributed by atoms with van der Waals surface area (Å²) < 4.78 is 5.97. The molecule has 1 fully saturated rings. The summed E-state index contributed by atoms with van der Waals surface area (Å²) in [5.41, 5.74) is 13.5. The SMILES string of the molecule is CCc1c(C(N)=NC2CC(N)C2)ccc2c1CC[C@H]([C@](C)(ON)C(=O)O)O2. The number of aliphatic carboxylic acids is 1. The van der Waals surface area contributed by atoms with Gasteiger partial charge in [0.2, 0.25) is 5.60 Å². The van der Waals surface area contributed by atoms with E-state index in [1.54, 1.807) is 0 Å². The number of fused-ring (bicyclic) bond motifs is 1. The van der Waals surface area contributed by atoms with E-state index in [0.29, 0.717) is 24.4 Å². The van der Waals surface area contributed by atoms with E-state index in [-0.39, 0.29) is 12.1 Å². The van der Waals surface area contributed by atoms with Crippen molar-refractivity contribution in [2.45, 2.75) is 69.7 Å². The van der Waals surface area contributed by atoms with Gasteiger partial charge in [-0.15, -0.1) is 0 Å². The molecule has 0 amide bonds. The normalized spacial score (nSPS) is 27.1. The zero-order valence-electron chi connectivity index (χ0n) is 15.8. The Bertz CT molecular complexity index is 760. The van der Waals surface area contributed by atoms with E-state index < -0.39 is 17.7 Å². The summed E-state index contributed by atoms with van der Waals surface area (Å²) >= 11 is 0. The van der Waals surface area contributed by atoms with E-state index in [4.69, 9.17) is 26.9 Å². The summed E-state index contributed by atoms with van der Waals surface area (Å²) in [6.45, 7) is 3.48. The number of aliphatic imine (C=N–C) groups is 1. The number of hydrogen-bond donors (Lipinski definition) is 4. The molecule has 0 aromatic heterocycles. The molecule has 1 heterocycles. The van der Waals surface area contributed by atoms with Crippen LogP contribution in [-0.4, -0.2) is 40.7 Å². The van der Waals surface area contributed by atoms with Gasteiger partial charge in [0.25, 0.3) is 0 Å². The summed E-state index contributed by atoms with van der Waals surface area (Å²) in [6, 6.07) is 4.13. The third kappa shape index (κ3) is 3.52. The minimum Gasteiger partial charge on any atom is -0.486 e. The molecule has 0 bridgehead atoms. The molecule has 0 saturated heterocycles. The molecule has 1 aromatic rings. The lowest BCUT2D eigenvalue weighted by Crippen LogP contribution is -2.54. The summed E-state index contributed by atoms with van der Waals surface area (Å²) in [5.74, 6) is 5.27. The van der Waals surface area contributed by atoms with Gasteiger partial charge in [0.05, 0.1) is 6.04 Å². The van der Waals surface area contributed by atoms with Crippen molar-refractivity contribution in [3.63, 3.8) is 0 Å². The number of nitrogens with zero attached hydrogens (tertiary/aromatic N) is 1. The fourth-order valence-corrected chi connectivity index (χ4v) is 3.84. The van der Waals surface area contributed by atoms with Crippen molar-refractivity contribution in [2.75, 3.05) is 0 Å². The van der Waals surface area contributed by atoms with E-state index in [9.17, 15) is 9.90 Å². The van der Waals surface area contributed by atoms with Gasteiger partial charge in [0.1, 0.15) is 17.7 Å². The van der Waals surface area contributed by atoms with Crippen molar-refractivity contribution in [1.82, 2.24) is 0 Å². The number of benzene rings is 1. The van der Waals surface area contributed by atoms with Crippen molar-refractivity contribution in [1.29, 1.82) is 0 Å². The highest BCUT2D eigenvalue weighted by Gasteiger charge is 2.46. The molecule has 0 spiro atoms. The maximum absolute atomic E-state index is 11.6. The molecular weight excluding hydrogens is 348 g/mol. The van der Waals surface area contributed by atoms with E-state index in [0.717, 1.165) is 36.0 Å². The molecule has 0 radical (unpaired) electrons. The molecule has 1 aliphatic carbocycles. The monoisotopic (exact) mass is 376 g/mol. The first-order chi connectivity index (χ1) is 12.8. The highest BCUT2D eigenvalue weighted by molar-refractivity contribution is 5.99. The van der Waals surface area contributed by atoms with Crippen LogP contribution in [0.4, 0.5) is 0 Å². The number of hydrogen-bond acceptors (Lipinski definition) is 6. The van der Waals surface area contributed by atoms with Crippen LogP contribution in [0.3, 0.4) is 0 Å². The van der Waals surface area contributed by atoms with Gasteiger partial charge < -0.3 is 21.3 Å². The Labute approximate surface area is 158 Å². The highest BCUT2D eigenvalue weighted by atomic mass is 16.7. The van der Waals surface area contributed by atoms with Gasteiger partial charge >= 0.3 is 5.97 Å². The van der Waals surface area contributed by atoms with Gasteiger partial charge in [0, 0.05) is 11.6 Å². The highest BCUT2D eigenvalue weighted by Crippen LogP contribution is 2.36. The zero-order chi connectivity index (χ0) is 19.8. The second kappa shape index (κ2) is 7.46. The van der Waals surface area contributed by atoms with Crippen LogP contribution in [0, 0.1) is 0 Å². The Hall–Kier alpha value is -2.16. The zero-order valence-corrected chi connectivity index (χ0v) is 15.8. The quantitative estimate of drug-likeness (QED) is 0.327. The molecule has 1 aromatic carbocycles. The summed E-state index contributed by atoms with van der Waals surface area (Å²) in [6.07, 6.45) is 2.97. The topological polar surface area (TPSA) is 146 Å².